The number of methoxy groups -OCH3 is 1. The molecule has 3 aromatic rings. The molecule has 15 heteroatoms. The number of hydrogen-bond acceptors (Lipinski definition) is 10. The molecular formula is C26H28N6O7S2. The molecule has 0 aliphatic carbocycles. The van der Waals surface area contributed by atoms with Crippen LogP contribution in [0.4, 0.5) is 4.79 Å². The van der Waals surface area contributed by atoms with Crippen LogP contribution in [0.5, 0.6) is 0 Å². The molecule has 216 valence electrons. The first-order chi connectivity index (χ1) is 19.5. The molecule has 1 aromatic heterocycles. The smallest absolute Gasteiger partial charge is 0.412 e. The average molecular weight is 601 g/mol. The van der Waals surface area contributed by atoms with Crippen LogP contribution in [0.3, 0.4) is 0 Å². The van der Waals surface area contributed by atoms with Crippen LogP contribution >= 0.6 is 11.3 Å². The number of amidine groups is 1. The Kier molecular flexibility index (Phi) is 7.78. The maximum Gasteiger partial charge on any atom is 0.412 e. The Morgan fingerprint density at radius 2 is 1.85 bits per heavy atom. The number of carbonyl (C=O) groups is 3. The zero-order chi connectivity index (χ0) is 29.5. The van der Waals surface area contributed by atoms with Gasteiger partial charge in [-0.15, -0.1) is 11.3 Å². The number of benzene rings is 2. The van der Waals surface area contributed by atoms with Gasteiger partial charge in [-0.2, -0.15) is 4.31 Å². The van der Waals surface area contributed by atoms with Crippen molar-refractivity contribution in [3.8, 4) is 0 Å². The van der Waals surface area contributed by atoms with Crippen LogP contribution < -0.4 is 5.32 Å². The van der Waals surface area contributed by atoms with Crippen LogP contribution in [-0.4, -0.2) is 103 Å². The summed E-state index contributed by atoms with van der Waals surface area (Å²) in [4.78, 5) is 45.7. The predicted octanol–water partition coefficient (Wildman–Crippen LogP) is 1.57. The number of carboxylic acids is 1. The van der Waals surface area contributed by atoms with Gasteiger partial charge in [0.25, 0.3) is 5.91 Å². The fraction of sp³-hybridized carbons (Fsp3) is 0.346. The molecule has 2 aromatic carbocycles. The lowest BCUT2D eigenvalue weighted by Gasteiger charge is -2.38. The molecule has 3 heterocycles. The number of fused-ring (bicyclic) bond motifs is 2. The largest absolute Gasteiger partial charge is 0.480 e. The third-order valence-corrected chi connectivity index (χ3v) is 10.1. The van der Waals surface area contributed by atoms with Crippen molar-refractivity contribution in [1.29, 1.82) is 5.41 Å². The third kappa shape index (κ3) is 5.66. The Hall–Kier alpha value is -3.92. The monoisotopic (exact) mass is 600 g/mol. The number of amides is 2. The van der Waals surface area contributed by atoms with Gasteiger partial charge in [-0.25, -0.2) is 23.0 Å². The molecule has 2 aliphatic rings. The molecule has 5 rings (SSSR count). The molecule has 13 nitrogen and oxygen atoms in total. The fourth-order valence-electron chi connectivity index (χ4n) is 4.88. The van der Waals surface area contributed by atoms with E-state index in [0.29, 0.717) is 29.3 Å². The number of carboxylic acid groups (broad SMARTS) is 1. The van der Waals surface area contributed by atoms with E-state index < -0.39 is 40.6 Å². The van der Waals surface area contributed by atoms with Gasteiger partial charge < -0.3 is 19.6 Å². The SMILES string of the molecule is COC(=O)NC(=N)c1ccc2cc(S(=O)(=O)N3CCN(C(=O)c4nc5c(s4)CN(C)CC5)C(C(=O)O)C3)ccc2c1. The van der Waals surface area contributed by atoms with Gasteiger partial charge in [0.15, 0.2) is 5.01 Å². The lowest BCUT2D eigenvalue weighted by atomic mass is 10.1. The van der Waals surface area contributed by atoms with Gasteiger partial charge in [0.2, 0.25) is 10.0 Å². The molecule has 3 N–H and O–H groups in total. The second-order valence-corrected chi connectivity index (χ2v) is 12.8. The van der Waals surface area contributed by atoms with Crippen molar-refractivity contribution >= 4 is 55.9 Å². The number of sulfonamides is 1. The van der Waals surface area contributed by atoms with Gasteiger partial charge in [-0.05, 0) is 36.0 Å². The maximum atomic E-state index is 13.6. The van der Waals surface area contributed by atoms with Gasteiger partial charge in [-0.1, -0.05) is 18.2 Å². The minimum atomic E-state index is -4.09. The van der Waals surface area contributed by atoms with Gasteiger partial charge in [0, 0.05) is 49.6 Å². The number of piperazine rings is 1. The molecule has 1 unspecified atom stereocenters. The van der Waals surface area contributed by atoms with Crippen molar-refractivity contribution < 1.29 is 32.6 Å². The van der Waals surface area contributed by atoms with Gasteiger partial charge in [0.05, 0.1) is 17.7 Å². The fourth-order valence-corrected chi connectivity index (χ4v) is 7.50. The van der Waals surface area contributed by atoms with E-state index in [0.717, 1.165) is 21.4 Å². The number of aromatic nitrogens is 1. The molecular weight excluding hydrogens is 572 g/mol. The lowest BCUT2D eigenvalue weighted by molar-refractivity contribution is -0.143. The summed E-state index contributed by atoms with van der Waals surface area (Å²) in [5.41, 5.74) is 1.25. The molecule has 0 spiro atoms. The minimum Gasteiger partial charge on any atom is -0.480 e. The molecule has 2 amide bonds. The zero-order valence-corrected chi connectivity index (χ0v) is 23.9. The highest BCUT2D eigenvalue weighted by atomic mass is 32.2. The lowest BCUT2D eigenvalue weighted by Crippen LogP contribution is -2.59. The number of hydrogen-bond donors (Lipinski definition) is 3. The molecule has 0 bridgehead atoms. The van der Waals surface area contributed by atoms with E-state index in [1.54, 1.807) is 24.3 Å². The summed E-state index contributed by atoms with van der Waals surface area (Å²) in [6.45, 7) is 0.939. The summed E-state index contributed by atoms with van der Waals surface area (Å²) in [5, 5.41) is 21.7. The van der Waals surface area contributed by atoms with E-state index in [1.165, 1.54) is 35.5 Å². The summed E-state index contributed by atoms with van der Waals surface area (Å²) < 4.78 is 32.7. The normalized spacial score (nSPS) is 18.1. The van der Waals surface area contributed by atoms with E-state index >= 15 is 0 Å². The molecule has 1 saturated heterocycles. The topological polar surface area (TPSA) is 173 Å². The number of nitrogens with one attached hydrogen (secondary N) is 2. The van der Waals surface area contributed by atoms with Crippen molar-refractivity contribution in [2.75, 3.05) is 40.3 Å². The van der Waals surface area contributed by atoms with Crippen LogP contribution in [0.2, 0.25) is 0 Å². The van der Waals surface area contributed by atoms with Crippen molar-refractivity contribution in [3.63, 3.8) is 0 Å². The quantitative estimate of drug-likeness (QED) is 0.290. The van der Waals surface area contributed by atoms with Crippen molar-refractivity contribution in [2.45, 2.75) is 23.9 Å². The van der Waals surface area contributed by atoms with Gasteiger partial charge in [0.1, 0.15) is 11.9 Å². The van der Waals surface area contributed by atoms with E-state index in [-0.39, 0.29) is 28.8 Å². The first-order valence-electron chi connectivity index (χ1n) is 12.7. The van der Waals surface area contributed by atoms with Crippen molar-refractivity contribution in [2.24, 2.45) is 0 Å². The summed E-state index contributed by atoms with van der Waals surface area (Å²) in [6, 6.07) is 7.90. The standard InChI is InChI=1S/C26H28N6O7S2/c1-30-8-7-19-21(14-30)40-23(28-19)24(33)32-10-9-31(13-20(32)25(34)35)41(37,38)18-6-5-15-11-17(4-3-16(15)12-18)22(27)29-26(36)39-2/h3-6,11-12,20H,7-10,13-14H2,1-2H3,(H,34,35)(H2,27,29,36). The van der Waals surface area contributed by atoms with Crippen LogP contribution in [-0.2, 0) is 32.5 Å². The molecule has 2 aliphatic heterocycles. The van der Waals surface area contributed by atoms with Crippen LogP contribution in [0, 0.1) is 5.41 Å². The Morgan fingerprint density at radius 1 is 1.12 bits per heavy atom. The predicted molar refractivity (Wildman–Crippen MR) is 150 cm³/mol. The van der Waals surface area contributed by atoms with Gasteiger partial charge >= 0.3 is 12.1 Å². The molecule has 41 heavy (non-hydrogen) atoms. The van der Waals surface area contributed by atoms with E-state index in [4.69, 9.17) is 5.41 Å². The average Bonchev–Trinajstić information content (AvgIpc) is 3.39. The number of carbonyl (C=O) groups excluding carboxylic acids is 2. The zero-order valence-electron chi connectivity index (χ0n) is 22.3. The first-order valence-corrected chi connectivity index (χ1v) is 14.9. The Morgan fingerprint density at radius 3 is 2.59 bits per heavy atom. The Labute approximate surface area is 239 Å². The summed E-state index contributed by atoms with van der Waals surface area (Å²) in [6.07, 6.45) is -0.0686. The van der Waals surface area contributed by atoms with Crippen LogP contribution in [0.1, 0.15) is 25.9 Å². The summed E-state index contributed by atoms with van der Waals surface area (Å²) in [5.74, 6) is -1.98. The van der Waals surface area contributed by atoms with Crippen LogP contribution in [0.25, 0.3) is 10.8 Å². The molecule has 1 fully saturated rings. The van der Waals surface area contributed by atoms with Crippen molar-refractivity contribution in [1.82, 2.24) is 24.4 Å². The van der Waals surface area contributed by atoms with E-state index in [2.05, 4.69) is 19.9 Å². The number of rotatable bonds is 5. The molecule has 1 atom stereocenters. The number of thiazole rings is 1. The minimum absolute atomic E-state index is 0.0267. The first kappa shape index (κ1) is 28.6. The number of likely N-dealkylation sites (N-methyl/N-ethyl adjacent to an activating group) is 1. The molecule has 0 saturated carbocycles. The van der Waals surface area contributed by atoms with Crippen molar-refractivity contribution in [3.05, 3.63) is 57.5 Å². The number of aliphatic carboxylic acids is 1. The van der Waals surface area contributed by atoms with Gasteiger partial charge in [-0.3, -0.25) is 15.5 Å². The van der Waals surface area contributed by atoms with E-state index in [9.17, 15) is 27.9 Å². The Bertz CT molecular complexity index is 1670. The summed E-state index contributed by atoms with van der Waals surface area (Å²) >= 11 is 1.26. The number of nitrogens with zero attached hydrogens (tertiary/aromatic N) is 4. The molecule has 0 radical (unpaired) electrons. The highest BCUT2D eigenvalue weighted by molar-refractivity contribution is 7.89. The second-order valence-electron chi connectivity index (χ2n) is 9.81. The van der Waals surface area contributed by atoms with Crippen LogP contribution in [0.15, 0.2) is 41.3 Å². The maximum absolute atomic E-state index is 13.6. The Balaban J connectivity index is 1.34. The number of ether oxygens (including phenoxy) is 1. The number of alkyl carbamates (subject to hydrolysis) is 1. The highest BCUT2D eigenvalue weighted by Crippen LogP contribution is 2.28. The third-order valence-electron chi connectivity index (χ3n) is 7.14. The highest BCUT2D eigenvalue weighted by Gasteiger charge is 2.41. The summed E-state index contributed by atoms with van der Waals surface area (Å²) in [7, 11) is -0.922. The van der Waals surface area contributed by atoms with E-state index in [1.807, 2.05) is 7.05 Å². The second kappa shape index (κ2) is 11.2.